The standard InChI is InChI=1S/C14H23N/c1-7-11(3)9-12(4)14(6)13(5)10-15-8-2/h2,7,9,12-15H,1,10H2,3-6H3/b11-9+/t12-,13-,14-/m1/s1. The predicted molar refractivity (Wildman–Crippen MR) is 68.3 cm³/mol. The zero-order valence-electron chi connectivity index (χ0n) is 10.4. The maximum absolute atomic E-state index is 5.17. The van der Waals surface area contributed by atoms with E-state index in [-0.39, 0.29) is 0 Å². The van der Waals surface area contributed by atoms with Crippen molar-refractivity contribution >= 4 is 0 Å². The van der Waals surface area contributed by atoms with E-state index in [1.165, 1.54) is 5.57 Å². The SMILES string of the molecule is C#CNC[C@@H](C)[C@H](C)[C@H](C)/C=C(\C)C=C. The largest absolute Gasteiger partial charge is 0.346 e. The highest BCUT2D eigenvalue weighted by Gasteiger charge is 2.16. The minimum Gasteiger partial charge on any atom is -0.346 e. The highest BCUT2D eigenvalue weighted by Crippen LogP contribution is 2.22. The Labute approximate surface area is 94.7 Å². The summed E-state index contributed by atoms with van der Waals surface area (Å²) in [7, 11) is 0. The number of allylic oxidation sites excluding steroid dienone is 3. The molecule has 0 saturated carbocycles. The van der Waals surface area contributed by atoms with Crippen LogP contribution in [-0.2, 0) is 0 Å². The fourth-order valence-electron chi connectivity index (χ4n) is 1.56. The average molecular weight is 205 g/mol. The quantitative estimate of drug-likeness (QED) is 0.399. The van der Waals surface area contributed by atoms with Crippen LogP contribution in [0.5, 0.6) is 0 Å². The number of hydrogen-bond acceptors (Lipinski definition) is 1. The molecule has 1 nitrogen and oxygen atoms in total. The van der Waals surface area contributed by atoms with Gasteiger partial charge in [-0.3, -0.25) is 0 Å². The van der Waals surface area contributed by atoms with Crippen molar-refractivity contribution in [3.05, 3.63) is 24.3 Å². The molecule has 0 aromatic carbocycles. The molecule has 0 rings (SSSR count). The molecule has 0 aliphatic rings. The van der Waals surface area contributed by atoms with E-state index >= 15 is 0 Å². The fourth-order valence-corrected chi connectivity index (χ4v) is 1.56. The molecule has 0 spiro atoms. The highest BCUT2D eigenvalue weighted by molar-refractivity contribution is 5.14. The van der Waals surface area contributed by atoms with Gasteiger partial charge < -0.3 is 5.32 Å². The van der Waals surface area contributed by atoms with Gasteiger partial charge in [-0.15, -0.1) is 0 Å². The van der Waals surface area contributed by atoms with Gasteiger partial charge >= 0.3 is 0 Å². The third-order valence-electron chi connectivity index (χ3n) is 3.10. The van der Waals surface area contributed by atoms with Crippen LogP contribution >= 0.6 is 0 Å². The summed E-state index contributed by atoms with van der Waals surface area (Å²) in [6.45, 7) is 13.5. The first-order valence-electron chi connectivity index (χ1n) is 5.52. The van der Waals surface area contributed by atoms with E-state index in [2.05, 4.69) is 51.7 Å². The molecule has 15 heavy (non-hydrogen) atoms. The smallest absolute Gasteiger partial charge is 0.0257 e. The van der Waals surface area contributed by atoms with E-state index < -0.39 is 0 Å². The molecule has 1 N–H and O–H groups in total. The molecule has 0 radical (unpaired) electrons. The van der Waals surface area contributed by atoms with Crippen LogP contribution in [0.3, 0.4) is 0 Å². The van der Waals surface area contributed by atoms with Crippen LogP contribution in [0.4, 0.5) is 0 Å². The second-order valence-electron chi connectivity index (χ2n) is 4.34. The molecule has 0 bridgehead atoms. The van der Waals surface area contributed by atoms with Crippen molar-refractivity contribution in [3.63, 3.8) is 0 Å². The molecule has 3 atom stereocenters. The number of nitrogens with one attached hydrogen (secondary N) is 1. The monoisotopic (exact) mass is 205 g/mol. The minimum atomic E-state index is 0.553. The Balaban J connectivity index is 4.25. The Morgan fingerprint density at radius 1 is 1.47 bits per heavy atom. The lowest BCUT2D eigenvalue weighted by atomic mass is 9.84. The Hall–Kier alpha value is -1.16. The molecule has 1 heteroatoms. The first-order chi connectivity index (χ1) is 7.02. The number of rotatable bonds is 6. The second kappa shape index (κ2) is 7.17. The number of hydrogen-bond donors (Lipinski definition) is 1. The maximum atomic E-state index is 5.17. The van der Waals surface area contributed by atoms with Gasteiger partial charge in [-0.05, 0) is 24.7 Å². The lowest BCUT2D eigenvalue weighted by Crippen LogP contribution is -2.25. The van der Waals surface area contributed by atoms with Gasteiger partial charge in [-0.1, -0.05) is 51.5 Å². The van der Waals surface area contributed by atoms with Crippen molar-refractivity contribution in [2.45, 2.75) is 27.7 Å². The van der Waals surface area contributed by atoms with E-state index in [4.69, 9.17) is 6.42 Å². The normalized spacial score (nSPS) is 17.4. The van der Waals surface area contributed by atoms with Gasteiger partial charge in [0, 0.05) is 12.6 Å². The topological polar surface area (TPSA) is 12.0 Å². The van der Waals surface area contributed by atoms with Crippen LogP contribution in [0, 0.1) is 30.2 Å². The van der Waals surface area contributed by atoms with Crippen LogP contribution < -0.4 is 5.32 Å². The Morgan fingerprint density at radius 2 is 2.07 bits per heavy atom. The summed E-state index contributed by atoms with van der Waals surface area (Å²) in [5.74, 6) is 1.74. The molecule has 0 aliphatic heterocycles. The molecule has 0 fully saturated rings. The molecule has 0 amide bonds. The minimum absolute atomic E-state index is 0.553. The van der Waals surface area contributed by atoms with Crippen molar-refractivity contribution < 1.29 is 0 Å². The summed E-state index contributed by atoms with van der Waals surface area (Å²) in [6, 6.07) is 2.46. The van der Waals surface area contributed by atoms with Crippen molar-refractivity contribution in [2.75, 3.05) is 6.54 Å². The van der Waals surface area contributed by atoms with E-state index in [9.17, 15) is 0 Å². The van der Waals surface area contributed by atoms with Gasteiger partial charge in [0.2, 0.25) is 0 Å². The third kappa shape index (κ3) is 5.32. The van der Waals surface area contributed by atoms with Crippen LogP contribution in [-0.4, -0.2) is 6.54 Å². The van der Waals surface area contributed by atoms with Crippen molar-refractivity contribution in [3.8, 4) is 12.5 Å². The highest BCUT2D eigenvalue weighted by atomic mass is 14.8. The Bertz CT molecular complexity index is 257. The van der Waals surface area contributed by atoms with Crippen molar-refractivity contribution in [1.29, 1.82) is 0 Å². The first kappa shape index (κ1) is 13.8. The lowest BCUT2D eigenvalue weighted by Gasteiger charge is -2.24. The summed E-state index contributed by atoms with van der Waals surface area (Å²) >= 11 is 0. The summed E-state index contributed by atoms with van der Waals surface area (Å²) in [5.41, 5.74) is 1.24. The molecular formula is C14H23N. The lowest BCUT2D eigenvalue weighted by molar-refractivity contribution is 0.317. The van der Waals surface area contributed by atoms with E-state index in [1.807, 2.05) is 6.08 Å². The Morgan fingerprint density at radius 3 is 2.53 bits per heavy atom. The zero-order valence-corrected chi connectivity index (χ0v) is 10.4. The molecular weight excluding hydrogens is 182 g/mol. The van der Waals surface area contributed by atoms with Crippen molar-refractivity contribution in [1.82, 2.24) is 5.32 Å². The number of terminal acetylenes is 1. The summed E-state index contributed by atoms with van der Waals surface area (Å²) < 4.78 is 0. The molecule has 84 valence electrons. The fraction of sp³-hybridized carbons (Fsp3) is 0.571. The van der Waals surface area contributed by atoms with Gasteiger partial charge in [0.15, 0.2) is 0 Å². The van der Waals surface area contributed by atoms with Gasteiger partial charge in [-0.2, -0.15) is 0 Å². The second-order valence-corrected chi connectivity index (χ2v) is 4.34. The predicted octanol–water partition coefficient (Wildman–Crippen LogP) is 3.21. The summed E-state index contributed by atoms with van der Waals surface area (Å²) in [4.78, 5) is 0. The maximum Gasteiger partial charge on any atom is 0.0257 e. The van der Waals surface area contributed by atoms with Crippen molar-refractivity contribution in [2.24, 2.45) is 17.8 Å². The molecule has 0 aliphatic carbocycles. The first-order valence-corrected chi connectivity index (χ1v) is 5.52. The van der Waals surface area contributed by atoms with Gasteiger partial charge in [-0.25, -0.2) is 0 Å². The zero-order chi connectivity index (χ0) is 11.8. The third-order valence-corrected chi connectivity index (χ3v) is 3.10. The summed E-state index contributed by atoms with van der Waals surface area (Å²) in [6.07, 6.45) is 9.33. The molecule has 0 aromatic rings. The average Bonchev–Trinajstić information content (AvgIpc) is 2.24. The molecule has 0 saturated heterocycles. The molecule has 0 heterocycles. The molecule has 0 aromatic heterocycles. The van der Waals surface area contributed by atoms with Crippen LogP contribution in [0.25, 0.3) is 0 Å². The van der Waals surface area contributed by atoms with E-state index in [0.29, 0.717) is 17.8 Å². The molecule has 0 unspecified atom stereocenters. The van der Waals surface area contributed by atoms with E-state index in [0.717, 1.165) is 6.54 Å². The van der Waals surface area contributed by atoms with Gasteiger partial charge in [0.1, 0.15) is 0 Å². The Kier molecular flexibility index (Phi) is 6.62. The van der Waals surface area contributed by atoms with Gasteiger partial charge in [0.05, 0.1) is 0 Å². The van der Waals surface area contributed by atoms with Crippen LogP contribution in [0.15, 0.2) is 24.3 Å². The van der Waals surface area contributed by atoms with E-state index in [1.54, 1.807) is 0 Å². The van der Waals surface area contributed by atoms with Gasteiger partial charge in [0.25, 0.3) is 0 Å². The summed E-state index contributed by atoms with van der Waals surface area (Å²) in [5, 5.41) is 2.94. The van der Waals surface area contributed by atoms with Crippen LogP contribution in [0.2, 0.25) is 0 Å². The van der Waals surface area contributed by atoms with Crippen LogP contribution in [0.1, 0.15) is 27.7 Å².